The standard InChI is InChI=1S/C24H27F2N7S/c1-16-14-20(30-29-16)27-22-19-4-3-10-33(19)31-23(28-22)21(17-5-7-18(25)8-6-17)34-13-12-32-11-9-24(2,26)15-32/h3-8,10,14,21H,9,11-13,15H2,1-2H3,(H2,27,28,29,30,31). The monoisotopic (exact) mass is 483 g/mol. The summed E-state index contributed by atoms with van der Waals surface area (Å²) >= 11 is 1.68. The maximum Gasteiger partial charge on any atom is 0.169 e. The van der Waals surface area contributed by atoms with Crippen molar-refractivity contribution in [3.05, 3.63) is 71.6 Å². The number of nitrogens with zero attached hydrogens (tertiary/aromatic N) is 5. The van der Waals surface area contributed by atoms with E-state index < -0.39 is 5.67 Å². The topological polar surface area (TPSA) is 74.1 Å². The summed E-state index contributed by atoms with van der Waals surface area (Å²) in [7, 11) is 0. The number of fused-ring (bicyclic) bond motifs is 1. The number of anilines is 2. The molecule has 4 heterocycles. The van der Waals surface area contributed by atoms with Gasteiger partial charge >= 0.3 is 0 Å². The maximum atomic E-state index is 14.2. The Bertz CT molecular complexity index is 1270. The molecule has 7 nitrogen and oxygen atoms in total. The molecule has 0 bridgehead atoms. The molecule has 1 fully saturated rings. The highest BCUT2D eigenvalue weighted by Crippen LogP contribution is 2.35. The van der Waals surface area contributed by atoms with Crippen LogP contribution in [0, 0.1) is 12.7 Å². The molecule has 1 aliphatic rings. The zero-order valence-electron chi connectivity index (χ0n) is 19.1. The summed E-state index contributed by atoms with van der Waals surface area (Å²) in [6.07, 6.45) is 2.44. The quantitative estimate of drug-likeness (QED) is 0.371. The van der Waals surface area contributed by atoms with E-state index in [1.807, 2.05) is 31.3 Å². The fraction of sp³-hybridized carbons (Fsp3) is 0.375. The summed E-state index contributed by atoms with van der Waals surface area (Å²) in [5.74, 6) is 2.39. The van der Waals surface area contributed by atoms with Gasteiger partial charge in [-0.05, 0) is 50.1 Å². The van der Waals surface area contributed by atoms with E-state index in [0.717, 1.165) is 35.6 Å². The second kappa shape index (κ2) is 9.34. The van der Waals surface area contributed by atoms with Crippen LogP contribution in [0.1, 0.15) is 35.7 Å². The van der Waals surface area contributed by atoms with Gasteiger partial charge in [-0.25, -0.2) is 18.3 Å². The van der Waals surface area contributed by atoms with Crippen LogP contribution in [0.4, 0.5) is 20.4 Å². The van der Waals surface area contributed by atoms with Crippen LogP contribution in [-0.2, 0) is 0 Å². The molecule has 5 rings (SSSR count). The number of hydrogen-bond donors (Lipinski definition) is 2. The van der Waals surface area contributed by atoms with Crippen LogP contribution >= 0.6 is 11.8 Å². The first kappa shape index (κ1) is 22.8. The molecule has 178 valence electrons. The van der Waals surface area contributed by atoms with E-state index in [-0.39, 0.29) is 11.1 Å². The molecule has 0 saturated carbocycles. The Hall–Kier alpha value is -2.98. The molecule has 0 radical (unpaired) electrons. The first-order chi connectivity index (χ1) is 16.4. The summed E-state index contributed by atoms with van der Waals surface area (Å²) in [5.41, 5.74) is 1.56. The average Bonchev–Trinajstić information content (AvgIpc) is 3.52. The predicted molar refractivity (Wildman–Crippen MR) is 131 cm³/mol. The summed E-state index contributed by atoms with van der Waals surface area (Å²) in [6.45, 7) is 5.58. The van der Waals surface area contributed by atoms with E-state index in [0.29, 0.717) is 30.4 Å². The lowest BCUT2D eigenvalue weighted by atomic mass is 10.1. The molecule has 1 aromatic carbocycles. The molecular weight excluding hydrogens is 456 g/mol. The Morgan fingerprint density at radius 2 is 2.09 bits per heavy atom. The Kier molecular flexibility index (Phi) is 6.26. The van der Waals surface area contributed by atoms with Gasteiger partial charge in [0.1, 0.15) is 17.0 Å². The highest BCUT2D eigenvalue weighted by molar-refractivity contribution is 7.99. The zero-order chi connectivity index (χ0) is 23.7. The van der Waals surface area contributed by atoms with Crippen molar-refractivity contribution in [1.29, 1.82) is 0 Å². The van der Waals surface area contributed by atoms with Crippen LogP contribution in [0.25, 0.3) is 5.52 Å². The molecule has 10 heteroatoms. The molecule has 0 amide bonds. The summed E-state index contributed by atoms with van der Waals surface area (Å²) < 4.78 is 29.7. The van der Waals surface area contributed by atoms with Gasteiger partial charge in [-0.2, -0.15) is 10.2 Å². The summed E-state index contributed by atoms with van der Waals surface area (Å²) in [4.78, 5) is 7.02. The number of hydrogen-bond acceptors (Lipinski definition) is 6. The number of halogens is 2. The lowest BCUT2D eigenvalue weighted by Gasteiger charge is -2.20. The second-order valence-corrected chi connectivity index (χ2v) is 10.2. The van der Waals surface area contributed by atoms with Crippen LogP contribution in [0.5, 0.6) is 0 Å². The van der Waals surface area contributed by atoms with E-state index in [2.05, 4.69) is 20.4 Å². The third kappa shape index (κ3) is 5.07. The number of thioether (sulfide) groups is 1. The molecule has 2 N–H and O–H groups in total. The maximum absolute atomic E-state index is 14.2. The van der Waals surface area contributed by atoms with Crippen molar-refractivity contribution in [3.63, 3.8) is 0 Å². The first-order valence-electron chi connectivity index (χ1n) is 11.3. The fourth-order valence-electron chi connectivity index (χ4n) is 4.22. The summed E-state index contributed by atoms with van der Waals surface area (Å²) in [6, 6.07) is 12.2. The van der Waals surface area contributed by atoms with Gasteiger partial charge in [-0.1, -0.05) is 12.1 Å². The summed E-state index contributed by atoms with van der Waals surface area (Å²) in [5, 5.41) is 15.0. The smallest absolute Gasteiger partial charge is 0.169 e. The molecule has 0 aliphatic carbocycles. The zero-order valence-corrected chi connectivity index (χ0v) is 19.9. The lowest BCUT2D eigenvalue weighted by Crippen LogP contribution is -2.28. The SMILES string of the molecule is Cc1cc(Nc2nc(C(SCCN3CCC(C)(F)C3)c3ccc(F)cc3)nn3cccc23)n[nH]1. The number of rotatable bonds is 8. The van der Waals surface area contributed by atoms with Crippen molar-refractivity contribution in [2.24, 2.45) is 0 Å². The van der Waals surface area contributed by atoms with E-state index in [1.54, 1.807) is 35.3 Å². The molecule has 34 heavy (non-hydrogen) atoms. The molecule has 2 atom stereocenters. The normalized spacial score (nSPS) is 19.6. The van der Waals surface area contributed by atoms with Crippen molar-refractivity contribution in [2.75, 3.05) is 30.7 Å². The minimum absolute atomic E-state index is 0.215. The lowest BCUT2D eigenvalue weighted by molar-refractivity contribution is 0.192. The van der Waals surface area contributed by atoms with Crippen LogP contribution in [0.2, 0.25) is 0 Å². The minimum atomic E-state index is -1.12. The number of likely N-dealkylation sites (tertiary alicyclic amines) is 1. The minimum Gasteiger partial charge on any atom is -0.322 e. The second-order valence-electron chi connectivity index (χ2n) is 8.96. The third-order valence-electron chi connectivity index (χ3n) is 5.96. The number of aromatic nitrogens is 5. The fourth-order valence-corrected chi connectivity index (χ4v) is 5.42. The average molecular weight is 484 g/mol. The van der Waals surface area contributed by atoms with Gasteiger partial charge in [0.15, 0.2) is 17.5 Å². The first-order valence-corrected chi connectivity index (χ1v) is 12.3. The number of alkyl halides is 1. The molecular formula is C24H27F2N7S. The van der Waals surface area contributed by atoms with Gasteiger partial charge in [-0.15, -0.1) is 11.8 Å². The van der Waals surface area contributed by atoms with Crippen LogP contribution in [0.15, 0.2) is 48.7 Å². The van der Waals surface area contributed by atoms with Crippen LogP contribution < -0.4 is 5.32 Å². The molecule has 4 aromatic rings. The van der Waals surface area contributed by atoms with Gasteiger partial charge in [0, 0.05) is 43.3 Å². The number of benzene rings is 1. The predicted octanol–water partition coefficient (Wildman–Crippen LogP) is 4.90. The third-order valence-corrected chi connectivity index (χ3v) is 7.20. The van der Waals surface area contributed by atoms with Crippen LogP contribution in [-0.4, -0.2) is 60.8 Å². The highest BCUT2D eigenvalue weighted by Gasteiger charge is 2.33. The number of aryl methyl sites for hydroxylation is 1. The molecule has 3 aromatic heterocycles. The van der Waals surface area contributed by atoms with E-state index in [4.69, 9.17) is 10.1 Å². The number of aromatic amines is 1. The van der Waals surface area contributed by atoms with Gasteiger partial charge in [0.2, 0.25) is 0 Å². The van der Waals surface area contributed by atoms with Gasteiger partial charge in [0.25, 0.3) is 0 Å². The van der Waals surface area contributed by atoms with E-state index in [1.165, 1.54) is 12.1 Å². The Balaban J connectivity index is 1.44. The van der Waals surface area contributed by atoms with Crippen molar-refractivity contribution >= 4 is 28.9 Å². The van der Waals surface area contributed by atoms with Crippen molar-refractivity contribution in [1.82, 2.24) is 29.7 Å². The van der Waals surface area contributed by atoms with Crippen molar-refractivity contribution in [2.45, 2.75) is 31.2 Å². The molecule has 1 aliphatic heterocycles. The van der Waals surface area contributed by atoms with Gasteiger partial charge < -0.3 is 5.32 Å². The Labute approximate surface area is 201 Å². The Morgan fingerprint density at radius 1 is 1.26 bits per heavy atom. The Morgan fingerprint density at radius 3 is 2.79 bits per heavy atom. The molecule has 2 unspecified atom stereocenters. The van der Waals surface area contributed by atoms with E-state index in [9.17, 15) is 8.78 Å². The molecule has 1 saturated heterocycles. The van der Waals surface area contributed by atoms with Crippen molar-refractivity contribution < 1.29 is 8.78 Å². The van der Waals surface area contributed by atoms with E-state index >= 15 is 0 Å². The highest BCUT2D eigenvalue weighted by atomic mass is 32.2. The molecule has 0 spiro atoms. The van der Waals surface area contributed by atoms with Gasteiger partial charge in [0.05, 0.1) is 5.25 Å². The van der Waals surface area contributed by atoms with Crippen LogP contribution in [0.3, 0.4) is 0 Å². The van der Waals surface area contributed by atoms with Gasteiger partial charge in [-0.3, -0.25) is 10.00 Å². The largest absolute Gasteiger partial charge is 0.322 e. The number of H-pyrrole nitrogens is 1. The van der Waals surface area contributed by atoms with Crippen molar-refractivity contribution in [3.8, 4) is 0 Å². The number of nitrogens with one attached hydrogen (secondary N) is 2.